The molecule has 15 heavy (non-hydrogen) atoms. The first kappa shape index (κ1) is 13.4. The van der Waals surface area contributed by atoms with E-state index in [1.54, 1.807) is 7.11 Å². The summed E-state index contributed by atoms with van der Waals surface area (Å²) < 4.78 is 5.21. The molecule has 1 atom stereocenters. The Bertz CT molecular complexity index is 169. The van der Waals surface area contributed by atoms with E-state index in [0.717, 1.165) is 11.9 Å². The molecule has 0 aromatic carbocycles. The van der Waals surface area contributed by atoms with Gasteiger partial charge in [-0.3, -0.25) is 4.90 Å². The molecule has 1 saturated heterocycles. The van der Waals surface area contributed by atoms with Gasteiger partial charge < -0.3 is 9.64 Å². The Kier molecular flexibility index (Phi) is 6.81. The molecule has 1 unspecified atom stereocenters. The zero-order chi connectivity index (χ0) is 11.1. The molecule has 4 heteroatoms. The van der Waals surface area contributed by atoms with Crippen LogP contribution in [-0.2, 0) is 4.74 Å². The third-order valence-corrected chi connectivity index (χ3v) is 3.41. The highest BCUT2D eigenvalue weighted by Gasteiger charge is 2.18. The minimum Gasteiger partial charge on any atom is -0.383 e. The Morgan fingerprint density at radius 2 is 2.07 bits per heavy atom. The van der Waals surface area contributed by atoms with Crippen molar-refractivity contribution in [2.45, 2.75) is 19.4 Å². The van der Waals surface area contributed by atoms with Crippen LogP contribution in [0.4, 0.5) is 0 Å². The molecule has 0 aromatic heterocycles. The molecule has 0 saturated carbocycles. The second kappa shape index (κ2) is 7.60. The fourth-order valence-corrected chi connectivity index (χ4v) is 2.62. The number of nitrogens with zero attached hydrogens (tertiary/aromatic N) is 2. The van der Waals surface area contributed by atoms with Gasteiger partial charge in [0, 0.05) is 38.1 Å². The lowest BCUT2D eigenvalue weighted by atomic mass is 10.3. The second-order valence-electron chi connectivity index (χ2n) is 4.22. The topological polar surface area (TPSA) is 15.7 Å². The van der Waals surface area contributed by atoms with Gasteiger partial charge in [0.2, 0.25) is 0 Å². The van der Waals surface area contributed by atoms with E-state index in [-0.39, 0.29) is 0 Å². The van der Waals surface area contributed by atoms with Crippen molar-refractivity contribution < 1.29 is 4.74 Å². The van der Waals surface area contributed by atoms with Gasteiger partial charge in [-0.15, -0.1) is 0 Å². The summed E-state index contributed by atoms with van der Waals surface area (Å²) in [5.41, 5.74) is 0. The monoisotopic (exact) mass is 278 g/mol. The van der Waals surface area contributed by atoms with Crippen LogP contribution in [-0.4, -0.2) is 67.6 Å². The van der Waals surface area contributed by atoms with E-state index in [1.165, 1.54) is 39.1 Å². The van der Waals surface area contributed by atoms with Gasteiger partial charge >= 0.3 is 0 Å². The molecule has 1 aliphatic rings. The zero-order valence-electron chi connectivity index (χ0n) is 9.91. The predicted octanol–water partition coefficient (Wildman–Crippen LogP) is 1.42. The molecule has 90 valence electrons. The SMILES string of the molecule is COCC(C)N1CCCN(CCBr)CC1. The molecule has 0 amide bonds. The van der Waals surface area contributed by atoms with Crippen molar-refractivity contribution in [1.29, 1.82) is 0 Å². The summed E-state index contributed by atoms with van der Waals surface area (Å²) in [7, 11) is 1.78. The Morgan fingerprint density at radius 3 is 2.73 bits per heavy atom. The van der Waals surface area contributed by atoms with Crippen molar-refractivity contribution in [1.82, 2.24) is 9.80 Å². The molecule has 0 aromatic rings. The summed E-state index contributed by atoms with van der Waals surface area (Å²) >= 11 is 3.50. The lowest BCUT2D eigenvalue weighted by molar-refractivity contribution is 0.101. The summed E-state index contributed by atoms with van der Waals surface area (Å²) in [6.07, 6.45) is 1.28. The van der Waals surface area contributed by atoms with Gasteiger partial charge in [0.05, 0.1) is 6.61 Å². The third-order valence-electron chi connectivity index (χ3n) is 3.06. The molecule has 1 heterocycles. The largest absolute Gasteiger partial charge is 0.383 e. The van der Waals surface area contributed by atoms with Crippen LogP contribution in [0.15, 0.2) is 0 Å². The number of hydrogen-bond donors (Lipinski definition) is 0. The first-order chi connectivity index (χ1) is 7.27. The summed E-state index contributed by atoms with van der Waals surface area (Å²) in [6.45, 7) is 9.09. The first-order valence-electron chi connectivity index (χ1n) is 5.79. The van der Waals surface area contributed by atoms with Crippen LogP contribution in [0.3, 0.4) is 0 Å². The van der Waals surface area contributed by atoms with Crippen LogP contribution in [0.5, 0.6) is 0 Å². The molecular formula is C11H23BrN2O. The summed E-state index contributed by atoms with van der Waals surface area (Å²) in [6, 6.07) is 0.555. The van der Waals surface area contributed by atoms with Crippen molar-refractivity contribution >= 4 is 15.9 Å². The van der Waals surface area contributed by atoms with Crippen molar-refractivity contribution in [2.75, 3.05) is 51.8 Å². The number of ether oxygens (including phenoxy) is 1. The van der Waals surface area contributed by atoms with E-state index in [9.17, 15) is 0 Å². The van der Waals surface area contributed by atoms with E-state index in [1.807, 2.05) is 0 Å². The zero-order valence-corrected chi connectivity index (χ0v) is 11.5. The van der Waals surface area contributed by atoms with Gasteiger partial charge in [0.25, 0.3) is 0 Å². The molecule has 1 fully saturated rings. The third kappa shape index (κ3) is 4.81. The van der Waals surface area contributed by atoms with E-state index in [0.29, 0.717) is 6.04 Å². The van der Waals surface area contributed by atoms with Crippen molar-refractivity contribution in [3.05, 3.63) is 0 Å². The lowest BCUT2D eigenvalue weighted by Gasteiger charge is -2.27. The maximum atomic E-state index is 5.21. The van der Waals surface area contributed by atoms with Gasteiger partial charge in [0.15, 0.2) is 0 Å². The van der Waals surface area contributed by atoms with Gasteiger partial charge in [-0.1, -0.05) is 15.9 Å². The standard InChI is InChI=1S/C11H23BrN2O/c1-11(10-15-2)14-6-3-5-13(7-4-12)8-9-14/h11H,3-10H2,1-2H3. The highest BCUT2D eigenvalue weighted by atomic mass is 79.9. The van der Waals surface area contributed by atoms with E-state index in [4.69, 9.17) is 4.74 Å². The molecule has 0 spiro atoms. The molecule has 1 aliphatic heterocycles. The molecule has 0 N–H and O–H groups in total. The Morgan fingerprint density at radius 1 is 1.27 bits per heavy atom. The van der Waals surface area contributed by atoms with Gasteiger partial charge in [0.1, 0.15) is 0 Å². The highest BCUT2D eigenvalue weighted by Crippen LogP contribution is 2.07. The average molecular weight is 279 g/mol. The minimum absolute atomic E-state index is 0.555. The van der Waals surface area contributed by atoms with Crippen LogP contribution >= 0.6 is 15.9 Å². The molecule has 0 aliphatic carbocycles. The fourth-order valence-electron chi connectivity index (χ4n) is 2.12. The summed E-state index contributed by atoms with van der Waals surface area (Å²) in [5.74, 6) is 0. The van der Waals surface area contributed by atoms with E-state index < -0.39 is 0 Å². The van der Waals surface area contributed by atoms with Crippen molar-refractivity contribution in [3.63, 3.8) is 0 Å². The Labute approximate surface area is 102 Å². The predicted molar refractivity (Wildman–Crippen MR) is 67.8 cm³/mol. The normalized spacial score (nSPS) is 22.6. The summed E-state index contributed by atoms with van der Waals surface area (Å²) in [5, 5.41) is 1.08. The highest BCUT2D eigenvalue weighted by molar-refractivity contribution is 9.09. The molecule has 0 bridgehead atoms. The van der Waals surface area contributed by atoms with Crippen LogP contribution in [0.25, 0.3) is 0 Å². The van der Waals surface area contributed by atoms with E-state index in [2.05, 4.69) is 32.7 Å². The fraction of sp³-hybridized carbons (Fsp3) is 1.00. The molecule has 3 nitrogen and oxygen atoms in total. The van der Waals surface area contributed by atoms with E-state index >= 15 is 0 Å². The first-order valence-corrected chi connectivity index (χ1v) is 6.91. The van der Waals surface area contributed by atoms with Gasteiger partial charge in [-0.2, -0.15) is 0 Å². The second-order valence-corrected chi connectivity index (χ2v) is 5.02. The van der Waals surface area contributed by atoms with Crippen LogP contribution in [0, 0.1) is 0 Å². The number of rotatable bonds is 5. The quantitative estimate of drug-likeness (QED) is 0.708. The van der Waals surface area contributed by atoms with Gasteiger partial charge in [-0.05, 0) is 26.4 Å². The Hall–Kier alpha value is 0.360. The van der Waals surface area contributed by atoms with Gasteiger partial charge in [-0.25, -0.2) is 0 Å². The maximum absolute atomic E-state index is 5.21. The van der Waals surface area contributed by atoms with Crippen LogP contribution < -0.4 is 0 Å². The Balaban J connectivity index is 2.31. The minimum atomic E-state index is 0.555. The van der Waals surface area contributed by atoms with Crippen molar-refractivity contribution in [3.8, 4) is 0 Å². The average Bonchev–Trinajstić information content (AvgIpc) is 2.44. The molecule has 1 rings (SSSR count). The number of halogens is 1. The smallest absolute Gasteiger partial charge is 0.0615 e. The lowest BCUT2D eigenvalue weighted by Crippen LogP contribution is -2.39. The van der Waals surface area contributed by atoms with Crippen LogP contribution in [0.1, 0.15) is 13.3 Å². The number of alkyl halides is 1. The van der Waals surface area contributed by atoms with Crippen LogP contribution in [0.2, 0.25) is 0 Å². The maximum Gasteiger partial charge on any atom is 0.0615 e. The van der Waals surface area contributed by atoms with Crippen molar-refractivity contribution in [2.24, 2.45) is 0 Å². The molecule has 0 radical (unpaired) electrons. The number of hydrogen-bond acceptors (Lipinski definition) is 3. The number of methoxy groups -OCH3 is 1. The molecular weight excluding hydrogens is 256 g/mol. The summed E-state index contributed by atoms with van der Waals surface area (Å²) in [4.78, 5) is 5.08.